The van der Waals surface area contributed by atoms with Crippen molar-refractivity contribution in [2.45, 2.75) is 32.2 Å². The molecular formula is C23H29N3O5. The maximum absolute atomic E-state index is 13.2. The fourth-order valence-corrected chi connectivity index (χ4v) is 5.18. The van der Waals surface area contributed by atoms with Crippen molar-refractivity contribution >= 4 is 23.4 Å². The molecule has 8 nitrogen and oxygen atoms in total. The number of carbonyl (C=O) groups is 3. The molecule has 1 aromatic rings. The van der Waals surface area contributed by atoms with Gasteiger partial charge in [0.2, 0.25) is 11.8 Å². The van der Waals surface area contributed by atoms with E-state index in [0.29, 0.717) is 38.9 Å². The van der Waals surface area contributed by atoms with Gasteiger partial charge in [-0.3, -0.25) is 14.4 Å². The van der Waals surface area contributed by atoms with Crippen molar-refractivity contribution in [2.24, 2.45) is 23.0 Å². The van der Waals surface area contributed by atoms with Crippen LogP contribution >= 0.6 is 0 Å². The minimum atomic E-state index is -1.01. The summed E-state index contributed by atoms with van der Waals surface area (Å²) in [4.78, 5) is 38.3. The summed E-state index contributed by atoms with van der Waals surface area (Å²) in [6.45, 7) is 3.46. The summed E-state index contributed by atoms with van der Waals surface area (Å²) in [5, 5.41) is 12.9. The van der Waals surface area contributed by atoms with Gasteiger partial charge >= 0.3 is 5.97 Å². The Balaban J connectivity index is 1.44. The molecule has 4 unspecified atom stereocenters. The van der Waals surface area contributed by atoms with Crippen LogP contribution in [0.25, 0.3) is 5.57 Å². The molecule has 4 rings (SSSR count). The molecule has 0 radical (unpaired) electrons. The van der Waals surface area contributed by atoms with Gasteiger partial charge in [0, 0.05) is 25.6 Å². The number of methoxy groups -OCH3 is 1. The standard InChI is InChI=1S/C23H29N3O5/c1-13-9-15(31-2)3-4-16(13)14-5-7-26(8-6-14)21(28)19-17(22(29)30)10-23(12-25-19)11-18(23)20(24)27/h3-5,9,17-19,25H,6-8,10-12H2,1-2H3,(H2,24,27)(H,29,30). The molecule has 1 aliphatic carbocycles. The second-order valence-electron chi connectivity index (χ2n) is 8.97. The summed E-state index contributed by atoms with van der Waals surface area (Å²) >= 11 is 0. The van der Waals surface area contributed by atoms with Crippen molar-refractivity contribution in [3.63, 3.8) is 0 Å². The largest absolute Gasteiger partial charge is 0.497 e. The van der Waals surface area contributed by atoms with Crippen LogP contribution in [-0.4, -0.2) is 60.6 Å². The zero-order chi connectivity index (χ0) is 22.3. The third-order valence-electron chi connectivity index (χ3n) is 7.12. The van der Waals surface area contributed by atoms with Crippen LogP contribution in [0.15, 0.2) is 24.3 Å². The molecule has 8 heteroatoms. The third kappa shape index (κ3) is 3.92. The molecule has 2 amide bonds. The van der Waals surface area contributed by atoms with Crippen LogP contribution in [0.4, 0.5) is 0 Å². The number of primary amides is 1. The van der Waals surface area contributed by atoms with Gasteiger partial charge in [0.25, 0.3) is 0 Å². The topological polar surface area (TPSA) is 122 Å². The van der Waals surface area contributed by atoms with Gasteiger partial charge in [-0.15, -0.1) is 0 Å². The number of carboxylic acid groups (broad SMARTS) is 1. The Labute approximate surface area is 181 Å². The van der Waals surface area contributed by atoms with E-state index in [4.69, 9.17) is 10.5 Å². The predicted octanol–water partition coefficient (Wildman–Crippen LogP) is 1.17. The fraction of sp³-hybridized carbons (Fsp3) is 0.522. The normalized spacial score (nSPS) is 29.9. The highest BCUT2D eigenvalue weighted by molar-refractivity contribution is 5.89. The van der Waals surface area contributed by atoms with Crippen LogP contribution in [0, 0.1) is 24.2 Å². The van der Waals surface area contributed by atoms with E-state index in [9.17, 15) is 19.5 Å². The molecule has 3 aliphatic rings. The molecular weight excluding hydrogens is 398 g/mol. The van der Waals surface area contributed by atoms with E-state index < -0.39 is 29.3 Å². The Hall–Kier alpha value is -2.87. The summed E-state index contributed by atoms with van der Waals surface area (Å²) in [7, 11) is 1.64. The lowest BCUT2D eigenvalue weighted by Crippen LogP contribution is -2.58. The molecule has 4 N–H and O–H groups in total. The van der Waals surface area contributed by atoms with Crippen molar-refractivity contribution in [3.05, 3.63) is 35.4 Å². The third-order valence-corrected chi connectivity index (χ3v) is 7.12. The highest BCUT2D eigenvalue weighted by Crippen LogP contribution is 2.58. The SMILES string of the molecule is COc1ccc(C2=CCN(C(=O)C3NCC4(CC3C(=O)O)CC4C(N)=O)CC2)c(C)c1. The van der Waals surface area contributed by atoms with Crippen LogP contribution in [0.1, 0.15) is 30.4 Å². The van der Waals surface area contributed by atoms with E-state index in [2.05, 4.69) is 5.32 Å². The Morgan fingerprint density at radius 1 is 1.29 bits per heavy atom. The minimum Gasteiger partial charge on any atom is -0.497 e. The van der Waals surface area contributed by atoms with Gasteiger partial charge in [-0.2, -0.15) is 0 Å². The van der Waals surface area contributed by atoms with E-state index in [1.807, 2.05) is 31.2 Å². The summed E-state index contributed by atoms with van der Waals surface area (Å²) in [5.74, 6) is -1.95. The number of hydrogen-bond acceptors (Lipinski definition) is 5. The van der Waals surface area contributed by atoms with Gasteiger partial charge in [-0.05, 0) is 60.4 Å². The molecule has 1 spiro atoms. The molecule has 2 aliphatic heterocycles. The summed E-state index contributed by atoms with van der Waals surface area (Å²) in [6.07, 6.45) is 3.65. The maximum Gasteiger partial charge on any atom is 0.308 e. The smallest absolute Gasteiger partial charge is 0.308 e. The summed E-state index contributed by atoms with van der Waals surface area (Å²) in [5.41, 5.74) is 8.44. The Kier molecular flexibility index (Phi) is 5.51. The molecule has 1 aromatic carbocycles. The van der Waals surface area contributed by atoms with Crippen molar-refractivity contribution in [1.82, 2.24) is 10.2 Å². The Morgan fingerprint density at radius 2 is 2.06 bits per heavy atom. The quantitative estimate of drug-likeness (QED) is 0.649. The first-order valence-corrected chi connectivity index (χ1v) is 10.6. The molecule has 1 saturated carbocycles. The number of aryl methyl sites for hydroxylation is 1. The highest BCUT2D eigenvalue weighted by Gasteiger charge is 2.62. The lowest BCUT2D eigenvalue weighted by Gasteiger charge is -2.38. The minimum absolute atomic E-state index is 0.194. The van der Waals surface area contributed by atoms with E-state index in [1.54, 1.807) is 12.0 Å². The molecule has 4 atom stereocenters. The van der Waals surface area contributed by atoms with Crippen molar-refractivity contribution in [3.8, 4) is 5.75 Å². The Bertz CT molecular complexity index is 959. The van der Waals surface area contributed by atoms with Crippen molar-refractivity contribution in [2.75, 3.05) is 26.7 Å². The number of rotatable bonds is 5. The van der Waals surface area contributed by atoms with Gasteiger partial charge < -0.3 is 25.8 Å². The monoisotopic (exact) mass is 427 g/mol. The number of nitrogens with zero attached hydrogens (tertiary/aromatic N) is 1. The first-order chi connectivity index (χ1) is 14.8. The van der Waals surface area contributed by atoms with Crippen LogP contribution in [-0.2, 0) is 14.4 Å². The number of nitrogens with one attached hydrogen (secondary N) is 1. The number of carboxylic acids is 1. The lowest BCUT2D eigenvalue weighted by molar-refractivity contribution is -0.150. The van der Waals surface area contributed by atoms with Gasteiger partial charge in [0.15, 0.2) is 0 Å². The molecule has 0 bridgehead atoms. The lowest BCUT2D eigenvalue weighted by atomic mass is 9.80. The van der Waals surface area contributed by atoms with Crippen molar-refractivity contribution < 1.29 is 24.2 Å². The molecule has 1 saturated heterocycles. The van der Waals surface area contributed by atoms with Crippen LogP contribution < -0.4 is 15.8 Å². The Morgan fingerprint density at radius 3 is 2.61 bits per heavy atom. The molecule has 2 fully saturated rings. The number of benzene rings is 1. The van der Waals surface area contributed by atoms with Crippen LogP contribution in [0.5, 0.6) is 5.75 Å². The molecule has 166 valence electrons. The second kappa shape index (κ2) is 8.00. The van der Waals surface area contributed by atoms with E-state index >= 15 is 0 Å². The summed E-state index contributed by atoms with van der Waals surface area (Å²) < 4.78 is 5.27. The highest BCUT2D eigenvalue weighted by atomic mass is 16.5. The number of nitrogens with two attached hydrogens (primary N) is 1. The second-order valence-corrected chi connectivity index (χ2v) is 8.97. The zero-order valence-corrected chi connectivity index (χ0v) is 17.9. The number of hydrogen-bond donors (Lipinski definition) is 3. The van der Waals surface area contributed by atoms with Gasteiger partial charge in [0.05, 0.1) is 13.0 Å². The molecule has 31 heavy (non-hydrogen) atoms. The zero-order valence-electron chi connectivity index (χ0n) is 17.9. The summed E-state index contributed by atoms with van der Waals surface area (Å²) in [6, 6.07) is 5.17. The number of aliphatic carboxylic acids is 1. The average Bonchev–Trinajstić information content (AvgIpc) is 3.46. The first kappa shape index (κ1) is 21.4. The first-order valence-electron chi connectivity index (χ1n) is 10.6. The number of amides is 2. The predicted molar refractivity (Wildman–Crippen MR) is 114 cm³/mol. The van der Waals surface area contributed by atoms with Crippen molar-refractivity contribution in [1.29, 1.82) is 0 Å². The van der Waals surface area contributed by atoms with Gasteiger partial charge in [-0.1, -0.05) is 12.1 Å². The number of ether oxygens (including phenoxy) is 1. The fourth-order valence-electron chi connectivity index (χ4n) is 5.18. The number of carbonyl (C=O) groups excluding carboxylic acids is 2. The van der Waals surface area contributed by atoms with Gasteiger partial charge in [0.1, 0.15) is 11.8 Å². The average molecular weight is 428 g/mol. The van der Waals surface area contributed by atoms with Gasteiger partial charge in [-0.25, -0.2) is 0 Å². The number of piperidine rings is 1. The molecule has 0 aromatic heterocycles. The van der Waals surface area contributed by atoms with Crippen LogP contribution in [0.2, 0.25) is 0 Å². The maximum atomic E-state index is 13.2. The van der Waals surface area contributed by atoms with E-state index in [0.717, 1.165) is 16.9 Å². The van der Waals surface area contributed by atoms with Crippen LogP contribution in [0.3, 0.4) is 0 Å². The molecule has 2 heterocycles. The van der Waals surface area contributed by atoms with E-state index in [-0.39, 0.29) is 11.8 Å². The van der Waals surface area contributed by atoms with E-state index in [1.165, 1.54) is 5.57 Å².